The van der Waals surface area contributed by atoms with Crippen LogP contribution in [0, 0.1) is 0 Å². The fourth-order valence-corrected chi connectivity index (χ4v) is 2.59. The quantitative estimate of drug-likeness (QED) is 0.735. The number of hydrogen-bond donors (Lipinski definition) is 1. The summed E-state index contributed by atoms with van der Waals surface area (Å²) in [5.41, 5.74) is 1.14. The Bertz CT molecular complexity index is 533. The highest BCUT2D eigenvalue weighted by molar-refractivity contribution is 9.10. The molecule has 0 spiro atoms. The van der Waals surface area contributed by atoms with E-state index in [1.807, 2.05) is 55.6 Å². The first-order valence-corrected chi connectivity index (χ1v) is 7.79. The number of nitrogens with one attached hydrogen (secondary N) is 1. The first-order chi connectivity index (χ1) is 10.3. The summed E-state index contributed by atoms with van der Waals surface area (Å²) in [6.45, 7) is 1.84. The second-order valence-corrected chi connectivity index (χ2v) is 5.45. The zero-order valence-corrected chi connectivity index (χ0v) is 13.7. The van der Waals surface area contributed by atoms with E-state index in [1.54, 1.807) is 0 Å². The van der Waals surface area contributed by atoms with E-state index in [0.29, 0.717) is 13.2 Å². The molecular weight excluding hydrogens is 330 g/mol. The van der Waals surface area contributed by atoms with Gasteiger partial charge in [0.25, 0.3) is 0 Å². The molecule has 0 amide bonds. The van der Waals surface area contributed by atoms with E-state index in [9.17, 15) is 0 Å². The molecule has 3 nitrogen and oxygen atoms in total. The van der Waals surface area contributed by atoms with Crippen LogP contribution in [0.3, 0.4) is 0 Å². The van der Waals surface area contributed by atoms with Crippen molar-refractivity contribution in [2.24, 2.45) is 0 Å². The summed E-state index contributed by atoms with van der Waals surface area (Å²) < 4.78 is 12.7. The van der Waals surface area contributed by atoms with Gasteiger partial charge in [0, 0.05) is 11.0 Å². The van der Waals surface area contributed by atoms with Crippen molar-refractivity contribution in [2.75, 3.05) is 26.8 Å². The van der Waals surface area contributed by atoms with Crippen LogP contribution in [-0.4, -0.2) is 26.8 Å². The van der Waals surface area contributed by atoms with Gasteiger partial charge < -0.3 is 14.8 Å². The Labute approximate surface area is 134 Å². The van der Waals surface area contributed by atoms with Crippen LogP contribution in [0.15, 0.2) is 59.1 Å². The molecule has 1 atom stereocenters. The van der Waals surface area contributed by atoms with Gasteiger partial charge in [-0.2, -0.15) is 0 Å². The van der Waals surface area contributed by atoms with E-state index in [1.165, 1.54) is 0 Å². The number of rotatable bonds is 8. The number of halogens is 1. The molecule has 0 aliphatic rings. The second-order valence-electron chi connectivity index (χ2n) is 4.60. The smallest absolute Gasteiger partial charge is 0.119 e. The molecule has 2 aromatic rings. The lowest BCUT2D eigenvalue weighted by molar-refractivity contribution is 0.0337. The van der Waals surface area contributed by atoms with Gasteiger partial charge in [0.05, 0.1) is 12.7 Å². The van der Waals surface area contributed by atoms with Crippen LogP contribution < -0.4 is 10.1 Å². The van der Waals surface area contributed by atoms with Gasteiger partial charge in [-0.1, -0.05) is 52.3 Å². The van der Waals surface area contributed by atoms with Crippen molar-refractivity contribution in [1.29, 1.82) is 0 Å². The summed E-state index contributed by atoms with van der Waals surface area (Å²) in [5, 5.41) is 3.17. The molecule has 0 aromatic heterocycles. The molecular formula is C17H20BrNO2. The van der Waals surface area contributed by atoms with Crippen LogP contribution in [0.5, 0.6) is 5.75 Å². The molecule has 0 saturated heterocycles. The summed E-state index contributed by atoms with van der Waals surface area (Å²) in [4.78, 5) is 0. The minimum atomic E-state index is 0.00458. The minimum absolute atomic E-state index is 0.00458. The van der Waals surface area contributed by atoms with Crippen molar-refractivity contribution < 1.29 is 9.47 Å². The lowest BCUT2D eigenvalue weighted by atomic mass is 10.1. The molecule has 21 heavy (non-hydrogen) atoms. The van der Waals surface area contributed by atoms with E-state index in [4.69, 9.17) is 9.47 Å². The molecule has 2 aromatic carbocycles. The normalized spacial score (nSPS) is 12.1. The fraction of sp³-hybridized carbons (Fsp3) is 0.294. The topological polar surface area (TPSA) is 30.5 Å². The molecule has 4 heteroatoms. The minimum Gasteiger partial charge on any atom is -0.491 e. The van der Waals surface area contributed by atoms with Crippen molar-refractivity contribution >= 4 is 15.9 Å². The lowest BCUT2D eigenvalue weighted by Gasteiger charge is -2.19. The van der Waals surface area contributed by atoms with E-state index in [0.717, 1.165) is 22.3 Å². The average Bonchev–Trinajstić information content (AvgIpc) is 2.52. The zero-order valence-electron chi connectivity index (χ0n) is 12.1. The molecule has 0 saturated carbocycles. The third kappa shape index (κ3) is 5.16. The van der Waals surface area contributed by atoms with Gasteiger partial charge in [0.15, 0.2) is 0 Å². The van der Waals surface area contributed by atoms with E-state index >= 15 is 0 Å². The maximum absolute atomic E-state index is 5.95. The van der Waals surface area contributed by atoms with Gasteiger partial charge in [-0.3, -0.25) is 0 Å². The maximum Gasteiger partial charge on any atom is 0.119 e. The summed E-state index contributed by atoms with van der Waals surface area (Å²) in [5.74, 6) is 0.868. The Kier molecular flexibility index (Phi) is 6.73. The number of hydrogen-bond acceptors (Lipinski definition) is 3. The number of benzene rings is 2. The van der Waals surface area contributed by atoms with Gasteiger partial charge in [-0.15, -0.1) is 0 Å². The highest BCUT2D eigenvalue weighted by Crippen LogP contribution is 2.25. The standard InChI is InChI=1S/C17H20BrNO2/c1-19-13-17(15-9-5-6-10-16(15)18)21-12-11-20-14-7-3-2-4-8-14/h2-10,17,19H,11-13H2,1H3. The van der Waals surface area contributed by atoms with Gasteiger partial charge >= 0.3 is 0 Å². The predicted octanol–water partition coefficient (Wildman–Crippen LogP) is 3.81. The van der Waals surface area contributed by atoms with E-state index < -0.39 is 0 Å². The Morgan fingerprint density at radius 1 is 1.00 bits per heavy atom. The van der Waals surface area contributed by atoms with Crippen LogP contribution >= 0.6 is 15.9 Å². The summed E-state index contributed by atoms with van der Waals surface area (Å²) in [6.07, 6.45) is 0.00458. The van der Waals surface area contributed by atoms with Gasteiger partial charge in [-0.05, 0) is 30.8 Å². The highest BCUT2D eigenvalue weighted by atomic mass is 79.9. The number of para-hydroxylation sites is 1. The van der Waals surface area contributed by atoms with Crippen molar-refractivity contribution in [3.63, 3.8) is 0 Å². The van der Waals surface area contributed by atoms with Crippen LogP contribution in [0.2, 0.25) is 0 Å². The van der Waals surface area contributed by atoms with Crippen molar-refractivity contribution in [2.45, 2.75) is 6.10 Å². The SMILES string of the molecule is CNCC(OCCOc1ccccc1)c1ccccc1Br. The second kappa shape index (κ2) is 8.82. The highest BCUT2D eigenvalue weighted by Gasteiger charge is 2.13. The average molecular weight is 350 g/mol. The number of likely N-dealkylation sites (N-methyl/N-ethyl adjacent to an activating group) is 1. The van der Waals surface area contributed by atoms with Crippen LogP contribution in [0.1, 0.15) is 11.7 Å². The third-order valence-electron chi connectivity index (χ3n) is 3.06. The first kappa shape index (κ1) is 16.0. The Balaban J connectivity index is 1.85. The van der Waals surface area contributed by atoms with Crippen molar-refractivity contribution in [3.8, 4) is 5.75 Å². The molecule has 1 unspecified atom stereocenters. The predicted molar refractivity (Wildman–Crippen MR) is 88.7 cm³/mol. The van der Waals surface area contributed by atoms with Gasteiger partial charge in [0.2, 0.25) is 0 Å². The molecule has 0 radical (unpaired) electrons. The van der Waals surface area contributed by atoms with Crippen LogP contribution in [0.25, 0.3) is 0 Å². The lowest BCUT2D eigenvalue weighted by Crippen LogP contribution is -2.22. The molecule has 0 aliphatic carbocycles. The maximum atomic E-state index is 5.95. The molecule has 0 fully saturated rings. The number of ether oxygens (including phenoxy) is 2. The molecule has 0 bridgehead atoms. The summed E-state index contributed by atoms with van der Waals surface area (Å²) in [6, 6.07) is 17.9. The fourth-order valence-electron chi connectivity index (χ4n) is 2.05. The summed E-state index contributed by atoms with van der Waals surface area (Å²) >= 11 is 3.57. The third-order valence-corrected chi connectivity index (χ3v) is 3.78. The van der Waals surface area contributed by atoms with Crippen molar-refractivity contribution in [3.05, 3.63) is 64.6 Å². The molecule has 1 N–H and O–H groups in total. The molecule has 112 valence electrons. The molecule has 0 aliphatic heterocycles. The molecule has 0 heterocycles. The van der Waals surface area contributed by atoms with Crippen LogP contribution in [-0.2, 0) is 4.74 Å². The van der Waals surface area contributed by atoms with Crippen molar-refractivity contribution in [1.82, 2.24) is 5.32 Å². The Morgan fingerprint density at radius 2 is 1.71 bits per heavy atom. The summed E-state index contributed by atoms with van der Waals surface area (Å²) in [7, 11) is 1.92. The van der Waals surface area contributed by atoms with E-state index in [2.05, 4.69) is 27.3 Å². The van der Waals surface area contributed by atoms with Gasteiger partial charge in [0.1, 0.15) is 12.4 Å². The molecule has 2 rings (SSSR count). The monoisotopic (exact) mass is 349 g/mol. The largest absolute Gasteiger partial charge is 0.491 e. The first-order valence-electron chi connectivity index (χ1n) is 6.99. The van der Waals surface area contributed by atoms with Gasteiger partial charge in [-0.25, -0.2) is 0 Å². The Hall–Kier alpha value is -1.36. The van der Waals surface area contributed by atoms with E-state index in [-0.39, 0.29) is 6.10 Å². The Morgan fingerprint density at radius 3 is 2.43 bits per heavy atom. The van der Waals surface area contributed by atoms with Crippen LogP contribution in [0.4, 0.5) is 0 Å². The zero-order chi connectivity index (χ0) is 14.9.